The predicted octanol–water partition coefficient (Wildman–Crippen LogP) is 4.08. The van der Waals surface area contributed by atoms with Gasteiger partial charge < -0.3 is 25.3 Å². The van der Waals surface area contributed by atoms with Crippen LogP contribution in [0.4, 0.5) is 0 Å². The molecule has 1 aliphatic rings. The average molecular weight is 528 g/mol. The summed E-state index contributed by atoms with van der Waals surface area (Å²) < 4.78 is 7.57. The molecule has 2 heterocycles. The minimum Gasteiger partial charge on any atom is -0.385 e. The molecule has 0 spiro atoms. The molecule has 2 amide bonds. The maximum Gasteiger partial charge on any atom is 0.251 e. The quantitative estimate of drug-likeness (QED) is 0.303. The summed E-state index contributed by atoms with van der Waals surface area (Å²) in [5, 5.41) is 4.99. The van der Waals surface area contributed by atoms with Crippen LogP contribution < -0.4 is 11.1 Å². The van der Waals surface area contributed by atoms with E-state index in [1.807, 2.05) is 65.6 Å². The van der Waals surface area contributed by atoms with Crippen molar-refractivity contribution in [3.63, 3.8) is 0 Å². The molecule has 1 saturated heterocycles. The number of methoxy groups -OCH3 is 1. The van der Waals surface area contributed by atoms with Crippen molar-refractivity contribution in [3.8, 4) is 0 Å². The van der Waals surface area contributed by atoms with Gasteiger partial charge in [0.15, 0.2) is 0 Å². The van der Waals surface area contributed by atoms with Crippen molar-refractivity contribution >= 4 is 33.6 Å². The number of nitrogens with one attached hydrogen (secondary N) is 1. The monoisotopic (exact) mass is 527 g/mol. The Balaban J connectivity index is 1.18. The Morgan fingerprint density at radius 2 is 1.90 bits per heavy atom. The van der Waals surface area contributed by atoms with Gasteiger partial charge in [0.2, 0.25) is 5.91 Å². The smallest absolute Gasteiger partial charge is 0.251 e. The van der Waals surface area contributed by atoms with Crippen LogP contribution in [0.3, 0.4) is 0 Å². The third-order valence-corrected chi connectivity index (χ3v) is 7.53. The van der Waals surface area contributed by atoms with E-state index in [9.17, 15) is 9.59 Å². The maximum atomic E-state index is 13.2. The lowest BCUT2D eigenvalue weighted by Gasteiger charge is -2.33. The third kappa shape index (κ3) is 6.29. The van der Waals surface area contributed by atoms with Gasteiger partial charge in [-0.1, -0.05) is 42.5 Å². The summed E-state index contributed by atoms with van der Waals surface area (Å²) in [7, 11) is 1.72. The Hall–Kier alpha value is -3.75. The van der Waals surface area contributed by atoms with Crippen LogP contribution in [0.1, 0.15) is 47.8 Å². The molecule has 2 unspecified atom stereocenters. The zero-order chi connectivity index (χ0) is 27.2. The lowest BCUT2D eigenvalue weighted by molar-refractivity contribution is -0.132. The molecule has 0 radical (unpaired) electrons. The van der Waals surface area contributed by atoms with Gasteiger partial charge in [-0.25, -0.2) is 4.98 Å². The lowest BCUT2D eigenvalue weighted by Crippen LogP contribution is -2.45. The van der Waals surface area contributed by atoms with Gasteiger partial charge in [0.25, 0.3) is 5.91 Å². The van der Waals surface area contributed by atoms with Gasteiger partial charge in [-0.15, -0.1) is 0 Å². The number of para-hydroxylation sites is 2. The van der Waals surface area contributed by atoms with Crippen LogP contribution in [0.25, 0.3) is 21.8 Å². The number of likely N-dealkylation sites (tertiary alicyclic amines) is 1. The van der Waals surface area contributed by atoms with Crippen molar-refractivity contribution in [3.05, 3.63) is 78.1 Å². The second-order valence-corrected chi connectivity index (χ2v) is 10.4. The number of piperidine rings is 1. The summed E-state index contributed by atoms with van der Waals surface area (Å²) in [5.74, 6) is 1.04. The van der Waals surface area contributed by atoms with Crippen molar-refractivity contribution in [2.45, 2.75) is 44.2 Å². The maximum absolute atomic E-state index is 13.2. The van der Waals surface area contributed by atoms with E-state index in [0.29, 0.717) is 18.7 Å². The molecule has 3 N–H and O–H groups in total. The average Bonchev–Trinajstić information content (AvgIpc) is 3.34. The van der Waals surface area contributed by atoms with Gasteiger partial charge in [0.1, 0.15) is 5.82 Å². The molecule has 8 heteroatoms. The van der Waals surface area contributed by atoms with Crippen LogP contribution >= 0.6 is 0 Å². The highest BCUT2D eigenvalue weighted by atomic mass is 16.5. The highest BCUT2D eigenvalue weighted by Gasteiger charge is 2.29. The van der Waals surface area contributed by atoms with E-state index in [4.69, 9.17) is 15.5 Å². The lowest BCUT2D eigenvalue weighted by atomic mass is 9.96. The van der Waals surface area contributed by atoms with E-state index < -0.39 is 6.04 Å². The Morgan fingerprint density at radius 3 is 2.74 bits per heavy atom. The van der Waals surface area contributed by atoms with E-state index in [1.165, 1.54) is 0 Å². The summed E-state index contributed by atoms with van der Waals surface area (Å²) in [6, 6.07) is 21.3. The molecule has 4 aromatic rings. The fourth-order valence-corrected chi connectivity index (χ4v) is 5.50. The number of carbonyl (C=O) groups is 2. The molecule has 39 heavy (non-hydrogen) atoms. The van der Waals surface area contributed by atoms with E-state index in [0.717, 1.165) is 60.0 Å². The Morgan fingerprint density at radius 1 is 1.10 bits per heavy atom. The zero-order valence-electron chi connectivity index (χ0n) is 22.5. The fourth-order valence-electron chi connectivity index (χ4n) is 5.50. The van der Waals surface area contributed by atoms with Gasteiger partial charge in [-0.05, 0) is 54.3 Å². The first-order valence-corrected chi connectivity index (χ1v) is 13.8. The van der Waals surface area contributed by atoms with Crippen LogP contribution in [-0.2, 0) is 16.1 Å². The standard InChI is InChI=1S/C31H37N5O3/c1-39-17-7-16-36-28-12-5-4-11-27(28)34-30(36)25-10-6-15-35(21-25)29(37)19-26(32)20-33-31(38)24-14-13-22-8-2-3-9-23(22)18-24/h2-5,8-9,11-14,18,25-26H,6-7,10,15-17,19-21,32H2,1H3,(H,33,38). The number of hydrogen-bond donors (Lipinski definition) is 2. The van der Waals surface area contributed by atoms with Crippen molar-refractivity contribution in [2.75, 3.05) is 33.4 Å². The molecule has 5 rings (SSSR count). The first-order valence-electron chi connectivity index (χ1n) is 13.8. The number of aryl methyl sites for hydroxylation is 1. The number of hydrogen-bond acceptors (Lipinski definition) is 5. The number of imidazole rings is 1. The number of nitrogens with zero attached hydrogens (tertiary/aromatic N) is 3. The molecule has 204 valence electrons. The van der Waals surface area contributed by atoms with Gasteiger partial charge in [0.05, 0.1) is 11.0 Å². The van der Waals surface area contributed by atoms with E-state index in [-0.39, 0.29) is 30.7 Å². The zero-order valence-corrected chi connectivity index (χ0v) is 22.5. The number of amides is 2. The second-order valence-electron chi connectivity index (χ2n) is 10.4. The normalized spacial score (nSPS) is 16.5. The molecule has 0 saturated carbocycles. The summed E-state index contributed by atoms with van der Waals surface area (Å²) in [5.41, 5.74) is 8.98. The highest BCUT2D eigenvalue weighted by molar-refractivity contribution is 5.98. The molecule has 8 nitrogen and oxygen atoms in total. The third-order valence-electron chi connectivity index (χ3n) is 7.53. The molecule has 0 bridgehead atoms. The van der Waals surface area contributed by atoms with Crippen molar-refractivity contribution in [1.29, 1.82) is 0 Å². The second kappa shape index (κ2) is 12.4. The number of rotatable bonds is 10. The minimum atomic E-state index is -0.457. The first kappa shape index (κ1) is 26.8. The van der Waals surface area contributed by atoms with E-state index >= 15 is 0 Å². The minimum absolute atomic E-state index is 0.0224. The van der Waals surface area contributed by atoms with Crippen LogP contribution in [0, 0.1) is 0 Å². The van der Waals surface area contributed by atoms with Crippen LogP contribution in [0.15, 0.2) is 66.7 Å². The van der Waals surface area contributed by atoms with Crippen molar-refractivity contribution in [1.82, 2.24) is 19.8 Å². The fraction of sp³-hybridized carbons (Fsp3) is 0.387. The molecule has 2 atom stereocenters. The van der Waals surface area contributed by atoms with Crippen LogP contribution in [0.5, 0.6) is 0 Å². The van der Waals surface area contributed by atoms with Gasteiger partial charge in [-0.3, -0.25) is 9.59 Å². The molecule has 1 aliphatic heterocycles. The van der Waals surface area contributed by atoms with Crippen LogP contribution in [0.2, 0.25) is 0 Å². The number of benzene rings is 3. The van der Waals surface area contributed by atoms with Crippen LogP contribution in [-0.4, -0.2) is 65.7 Å². The number of aromatic nitrogens is 2. The Bertz CT molecular complexity index is 1450. The SMILES string of the molecule is COCCCn1c(C2CCCN(C(=O)CC(N)CNC(=O)c3ccc4ccccc4c3)C2)nc2ccccc21. The summed E-state index contributed by atoms with van der Waals surface area (Å²) in [4.78, 5) is 32.8. The number of carbonyl (C=O) groups excluding carboxylic acids is 2. The Labute approximate surface area is 229 Å². The molecule has 0 aliphatic carbocycles. The largest absolute Gasteiger partial charge is 0.385 e. The molecular formula is C31H37N5O3. The first-order chi connectivity index (χ1) is 19.0. The van der Waals surface area contributed by atoms with Gasteiger partial charge >= 0.3 is 0 Å². The van der Waals surface area contributed by atoms with E-state index in [2.05, 4.69) is 16.0 Å². The molecule has 1 aromatic heterocycles. The van der Waals surface area contributed by atoms with Gasteiger partial charge in [0, 0.05) is 63.8 Å². The summed E-state index contributed by atoms with van der Waals surface area (Å²) in [6.45, 7) is 3.11. The van der Waals surface area contributed by atoms with Crippen molar-refractivity contribution in [2.24, 2.45) is 5.73 Å². The highest BCUT2D eigenvalue weighted by Crippen LogP contribution is 2.30. The number of fused-ring (bicyclic) bond motifs is 2. The summed E-state index contributed by atoms with van der Waals surface area (Å²) in [6.07, 6.45) is 3.00. The van der Waals surface area contributed by atoms with Crippen molar-refractivity contribution < 1.29 is 14.3 Å². The summed E-state index contributed by atoms with van der Waals surface area (Å²) >= 11 is 0. The predicted molar refractivity (Wildman–Crippen MR) is 154 cm³/mol. The molecule has 1 fully saturated rings. The number of ether oxygens (including phenoxy) is 1. The van der Waals surface area contributed by atoms with Gasteiger partial charge in [-0.2, -0.15) is 0 Å². The number of nitrogens with two attached hydrogens (primary N) is 1. The topological polar surface area (TPSA) is 102 Å². The van der Waals surface area contributed by atoms with E-state index in [1.54, 1.807) is 7.11 Å². The Kier molecular flexibility index (Phi) is 8.54. The molecule has 3 aromatic carbocycles. The molecular weight excluding hydrogens is 490 g/mol.